The first-order chi connectivity index (χ1) is 9.31. The van der Waals surface area contributed by atoms with Crippen molar-refractivity contribution in [2.45, 2.75) is 52.7 Å². The van der Waals surface area contributed by atoms with E-state index in [0.717, 1.165) is 5.56 Å². The van der Waals surface area contributed by atoms with Crippen LogP contribution in [-0.2, 0) is 11.3 Å². The van der Waals surface area contributed by atoms with Crippen molar-refractivity contribution < 1.29 is 4.79 Å². The molecule has 0 saturated heterocycles. The fourth-order valence-electron chi connectivity index (χ4n) is 2.17. The van der Waals surface area contributed by atoms with E-state index in [1.54, 1.807) is 0 Å². The van der Waals surface area contributed by atoms with Gasteiger partial charge in [-0.1, -0.05) is 37.6 Å². The molecule has 20 heavy (non-hydrogen) atoms. The second-order valence-electron chi connectivity index (χ2n) is 5.93. The molecule has 2 N–H and O–H groups in total. The molecule has 1 rings (SSSR count). The third-order valence-electron chi connectivity index (χ3n) is 3.19. The van der Waals surface area contributed by atoms with Gasteiger partial charge in [0.05, 0.1) is 6.04 Å². The molecule has 4 heteroatoms. The number of benzene rings is 1. The maximum absolute atomic E-state index is 12.5. The van der Waals surface area contributed by atoms with Crippen molar-refractivity contribution in [2.24, 2.45) is 11.7 Å². The van der Waals surface area contributed by atoms with Crippen LogP contribution in [-0.4, -0.2) is 22.9 Å². The molecule has 0 fully saturated rings. The lowest BCUT2D eigenvalue weighted by Crippen LogP contribution is -2.47. The van der Waals surface area contributed by atoms with Gasteiger partial charge in [0.25, 0.3) is 0 Å². The van der Waals surface area contributed by atoms with Gasteiger partial charge in [-0.2, -0.15) is 0 Å². The molecule has 112 valence electrons. The monoisotopic (exact) mass is 296 g/mol. The second kappa shape index (κ2) is 7.65. The predicted octanol–water partition coefficient (Wildman–Crippen LogP) is 3.45. The highest BCUT2D eigenvalue weighted by Gasteiger charge is 2.24. The summed E-state index contributed by atoms with van der Waals surface area (Å²) in [6.07, 6.45) is 0.706. The third-order valence-corrected chi connectivity index (χ3v) is 3.43. The van der Waals surface area contributed by atoms with Gasteiger partial charge < -0.3 is 10.6 Å². The van der Waals surface area contributed by atoms with Gasteiger partial charge in [-0.25, -0.2) is 0 Å². The van der Waals surface area contributed by atoms with E-state index >= 15 is 0 Å². The summed E-state index contributed by atoms with van der Waals surface area (Å²) in [6.45, 7) is 8.70. The SMILES string of the molecule is CC(C)CC(N)C(=O)N(Cc1cccc(Cl)c1)C(C)C. The Bertz CT molecular complexity index is 446. The first-order valence-corrected chi connectivity index (χ1v) is 7.49. The molecule has 1 aromatic rings. The number of halogens is 1. The van der Waals surface area contributed by atoms with Crippen LogP contribution >= 0.6 is 11.6 Å². The summed E-state index contributed by atoms with van der Waals surface area (Å²) < 4.78 is 0. The molecule has 0 radical (unpaired) electrons. The van der Waals surface area contributed by atoms with Gasteiger partial charge in [0.2, 0.25) is 5.91 Å². The molecule has 0 bridgehead atoms. The van der Waals surface area contributed by atoms with E-state index in [4.69, 9.17) is 17.3 Å². The Morgan fingerprint density at radius 3 is 2.45 bits per heavy atom. The van der Waals surface area contributed by atoms with Crippen molar-refractivity contribution in [3.63, 3.8) is 0 Å². The standard InChI is InChI=1S/C16H25ClN2O/c1-11(2)8-15(18)16(20)19(12(3)4)10-13-6-5-7-14(17)9-13/h5-7,9,11-12,15H,8,10,18H2,1-4H3. The maximum atomic E-state index is 12.5. The zero-order valence-electron chi connectivity index (χ0n) is 12.8. The van der Waals surface area contributed by atoms with Gasteiger partial charge in [0.1, 0.15) is 0 Å². The van der Waals surface area contributed by atoms with Crippen molar-refractivity contribution in [3.05, 3.63) is 34.9 Å². The molecule has 1 amide bonds. The molecule has 0 saturated carbocycles. The van der Waals surface area contributed by atoms with Crippen LogP contribution in [0.25, 0.3) is 0 Å². The number of carbonyl (C=O) groups is 1. The number of carbonyl (C=O) groups excluding carboxylic acids is 1. The number of hydrogen-bond donors (Lipinski definition) is 1. The Hall–Kier alpha value is -1.06. The van der Waals surface area contributed by atoms with Crippen molar-refractivity contribution in [2.75, 3.05) is 0 Å². The topological polar surface area (TPSA) is 46.3 Å². The van der Waals surface area contributed by atoms with E-state index < -0.39 is 6.04 Å². The highest BCUT2D eigenvalue weighted by Crippen LogP contribution is 2.16. The Kier molecular flexibility index (Phi) is 6.50. The summed E-state index contributed by atoms with van der Waals surface area (Å²) in [5, 5.41) is 0.685. The zero-order valence-corrected chi connectivity index (χ0v) is 13.5. The van der Waals surface area contributed by atoms with Crippen LogP contribution in [0.3, 0.4) is 0 Å². The Morgan fingerprint density at radius 1 is 1.30 bits per heavy atom. The summed E-state index contributed by atoms with van der Waals surface area (Å²) in [5.74, 6) is 0.419. The molecule has 3 nitrogen and oxygen atoms in total. The quantitative estimate of drug-likeness (QED) is 0.874. The summed E-state index contributed by atoms with van der Waals surface area (Å²) >= 11 is 5.99. The van der Waals surface area contributed by atoms with Gasteiger partial charge >= 0.3 is 0 Å². The molecule has 0 heterocycles. The average molecular weight is 297 g/mol. The Labute approximate surface area is 127 Å². The van der Waals surface area contributed by atoms with E-state index in [0.29, 0.717) is 23.9 Å². The summed E-state index contributed by atoms with van der Waals surface area (Å²) in [4.78, 5) is 14.3. The smallest absolute Gasteiger partial charge is 0.240 e. The number of hydrogen-bond acceptors (Lipinski definition) is 2. The Morgan fingerprint density at radius 2 is 1.95 bits per heavy atom. The molecule has 0 aromatic heterocycles. The Balaban J connectivity index is 2.81. The molecular formula is C16H25ClN2O. The highest BCUT2D eigenvalue weighted by atomic mass is 35.5. The zero-order chi connectivity index (χ0) is 15.3. The number of nitrogens with two attached hydrogens (primary N) is 1. The van der Waals surface area contributed by atoms with E-state index in [-0.39, 0.29) is 11.9 Å². The number of nitrogens with zero attached hydrogens (tertiary/aromatic N) is 1. The minimum absolute atomic E-state index is 0.00803. The molecule has 1 aromatic carbocycles. The fourth-order valence-corrected chi connectivity index (χ4v) is 2.38. The van der Waals surface area contributed by atoms with Crippen LogP contribution in [0.4, 0.5) is 0 Å². The molecule has 1 atom stereocenters. The minimum Gasteiger partial charge on any atom is -0.335 e. The van der Waals surface area contributed by atoms with Crippen LogP contribution in [0.1, 0.15) is 39.7 Å². The van der Waals surface area contributed by atoms with Crippen LogP contribution in [0.5, 0.6) is 0 Å². The summed E-state index contributed by atoms with van der Waals surface area (Å²) in [6, 6.07) is 7.27. The van der Waals surface area contributed by atoms with Crippen molar-refractivity contribution in [1.82, 2.24) is 4.90 Å². The second-order valence-corrected chi connectivity index (χ2v) is 6.36. The van der Waals surface area contributed by atoms with Crippen LogP contribution in [0.2, 0.25) is 5.02 Å². The van der Waals surface area contributed by atoms with Crippen molar-refractivity contribution in [1.29, 1.82) is 0 Å². The van der Waals surface area contributed by atoms with Gasteiger partial charge in [-0.3, -0.25) is 4.79 Å². The number of rotatable bonds is 6. The van der Waals surface area contributed by atoms with Crippen LogP contribution in [0.15, 0.2) is 24.3 Å². The number of amides is 1. The third kappa shape index (κ3) is 5.14. The van der Waals surface area contributed by atoms with Crippen molar-refractivity contribution >= 4 is 17.5 Å². The maximum Gasteiger partial charge on any atom is 0.240 e. The van der Waals surface area contributed by atoms with E-state index in [1.165, 1.54) is 0 Å². The largest absolute Gasteiger partial charge is 0.335 e. The lowest BCUT2D eigenvalue weighted by molar-refractivity contribution is -0.135. The molecular weight excluding hydrogens is 272 g/mol. The molecule has 0 spiro atoms. The molecule has 0 aliphatic carbocycles. The van der Waals surface area contributed by atoms with Crippen LogP contribution in [0, 0.1) is 5.92 Å². The lowest BCUT2D eigenvalue weighted by Gasteiger charge is -2.30. The molecule has 0 aliphatic rings. The van der Waals surface area contributed by atoms with Gasteiger partial charge in [0.15, 0.2) is 0 Å². The first kappa shape index (κ1) is 17.0. The van der Waals surface area contributed by atoms with Gasteiger partial charge in [0, 0.05) is 17.6 Å². The molecule has 0 aliphatic heterocycles. The van der Waals surface area contributed by atoms with E-state index in [1.807, 2.05) is 43.0 Å². The van der Waals surface area contributed by atoms with Crippen LogP contribution < -0.4 is 5.73 Å². The fraction of sp³-hybridized carbons (Fsp3) is 0.562. The molecule has 1 unspecified atom stereocenters. The predicted molar refractivity (Wildman–Crippen MR) is 84.6 cm³/mol. The summed E-state index contributed by atoms with van der Waals surface area (Å²) in [5.41, 5.74) is 7.05. The van der Waals surface area contributed by atoms with E-state index in [2.05, 4.69) is 13.8 Å². The first-order valence-electron chi connectivity index (χ1n) is 7.11. The average Bonchev–Trinajstić information content (AvgIpc) is 2.34. The normalized spacial score (nSPS) is 12.8. The van der Waals surface area contributed by atoms with E-state index in [9.17, 15) is 4.79 Å². The van der Waals surface area contributed by atoms with Gasteiger partial charge in [-0.15, -0.1) is 0 Å². The highest BCUT2D eigenvalue weighted by molar-refractivity contribution is 6.30. The minimum atomic E-state index is -0.434. The summed E-state index contributed by atoms with van der Waals surface area (Å²) in [7, 11) is 0. The lowest BCUT2D eigenvalue weighted by atomic mass is 10.0. The van der Waals surface area contributed by atoms with Crippen molar-refractivity contribution in [3.8, 4) is 0 Å². The van der Waals surface area contributed by atoms with Gasteiger partial charge in [-0.05, 0) is 43.9 Å².